The van der Waals surface area contributed by atoms with E-state index in [9.17, 15) is 0 Å². The van der Waals surface area contributed by atoms with E-state index >= 15 is 0 Å². The summed E-state index contributed by atoms with van der Waals surface area (Å²) in [5, 5.41) is 3.79. The largest absolute Gasteiger partial charge is 0.376 e. The van der Waals surface area contributed by atoms with E-state index in [2.05, 4.69) is 119 Å². The van der Waals surface area contributed by atoms with E-state index in [1.165, 1.54) is 33.6 Å². The monoisotopic (exact) mass is 372 g/mol. The van der Waals surface area contributed by atoms with E-state index in [4.69, 9.17) is 0 Å². The van der Waals surface area contributed by atoms with Crippen molar-refractivity contribution in [2.45, 2.75) is 39.5 Å². The highest BCUT2D eigenvalue weighted by Gasteiger charge is 2.18. The van der Waals surface area contributed by atoms with Crippen LogP contribution in [0, 0.1) is 0 Å². The van der Waals surface area contributed by atoms with Gasteiger partial charge in [0.1, 0.15) is 0 Å². The number of anilines is 3. The first-order chi connectivity index (χ1) is 13.4. The SMILES string of the molecule is CC(C)c1cc(-c2ccccc2)cc(C(C)C)c1Nc1ccccc1N(C)C. The molecule has 0 spiro atoms. The molecule has 0 fully saturated rings. The Kier molecular flexibility index (Phi) is 6.08. The van der Waals surface area contributed by atoms with Crippen LogP contribution < -0.4 is 10.2 Å². The Morgan fingerprint density at radius 1 is 0.679 bits per heavy atom. The molecule has 0 atom stereocenters. The summed E-state index contributed by atoms with van der Waals surface area (Å²) in [7, 11) is 4.18. The third kappa shape index (κ3) is 4.22. The molecule has 0 saturated heterocycles. The molecule has 0 saturated carbocycles. The number of para-hydroxylation sites is 2. The quantitative estimate of drug-likeness (QED) is 0.484. The summed E-state index contributed by atoms with van der Waals surface area (Å²) in [4.78, 5) is 2.16. The molecule has 0 aliphatic rings. The van der Waals surface area contributed by atoms with Crippen molar-refractivity contribution in [2.24, 2.45) is 0 Å². The van der Waals surface area contributed by atoms with Crippen molar-refractivity contribution in [3.05, 3.63) is 77.9 Å². The zero-order chi connectivity index (χ0) is 20.3. The van der Waals surface area contributed by atoms with E-state index in [1.54, 1.807) is 0 Å². The fraction of sp³-hybridized carbons (Fsp3) is 0.308. The summed E-state index contributed by atoms with van der Waals surface area (Å²) >= 11 is 0. The number of rotatable bonds is 6. The minimum Gasteiger partial charge on any atom is -0.376 e. The minimum absolute atomic E-state index is 0.426. The first kappa shape index (κ1) is 20.0. The van der Waals surface area contributed by atoms with Crippen LogP contribution in [-0.2, 0) is 0 Å². The molecule has 0 aromatic heterocycles. The minimum atomic E-state index is 0.426. The van der Waals surface area contributed by atoms with Crippen molar-refractivity contribution in [2.75, 3.05) is 24.3 Å². The standard InChI is InChI=1S/C26H32N2/c1-18(2)22-16-21(20-12-8-7-9-13-20)17-23(19(3)4)26(22)27-24-14-10-11-15-25(24)28(5)6/h7-19,27H,1-6H3. The molecule has 0 heterocycles. The Hall–Kier alpha value is -2.74. The summed E-state index contributed by atoms with van der Waals surface area (Å²) < 4.78 is 0. The van der Waals surface area contributed by atoms with Gasteiger partial charge in [-0.1, -0.05) is 70.2 Å². The lowest BCUT2D eigenvalue weighted by atomic mass is 9.88. The molecule has 0 bridgehead atoms. The maximum Gasteiger partial charge on any atom is 0.0622 e. The van der Waals surface area contributed by atoms with Gasteiger partial charge in [0.15, 0.2) is 0 Å². The van der Waals surface area contributed by atoms with Crippen LogP contribution in [0.3, 0.4) is 0 Å². The van der Waals surface area contributed by atoms with Crippen molar-refractivity contribution in [1.82, 2.24) is 0 Å². The zero-order valence-corrected chi connectivity index (χ0v) is 18.0. The molecule has 0 amide bonds. The van der Waals surface area contributed by atoms with Gasteiger partial charge >= 0.3 is 0 Å². The van der Waals surface area contributed by atoms with Gasteiger partial charge in [-0.3, -0.25) is 0 Å². The number of nitrogens with zero attached hydrogens (tertiary/aromatic N) is 1. The van der Waals surface area contributed by atoms with E-state index < -0.39 is 0 Å². The maximum atomic E-state index is 3.79. The van der Waals surface area contributed by atoms with Crippen molar-refractivity contribution in [3.8, 4) is 11.1 Å². The van der Waals surface area contributed by atoms with Crippen molar-refractivity contribution >= 4 is 17.1 Å². The second-order valence-electron chi connectivity index (χ2n) is 8.24. The Bertz CT molecular complexity index is 895. The number of benzene rings is 3. The molecular weight excluding hydrogens is 340 g/mol. The highest BCUT2D eigenvalue weighted by molar-refractivity contribution is 5.80. The van der Waals surface area contributed by atoms with Crippen LogP contribution >= 0.6 is 0 Å². The molecule has 0 unspecified atom stereocenters. The van der Waals surface area contributed by atoms with Crippen LogP contribution in [0.25, 0.3) is 11.1 Å². The number of hydrogen-bond acceptors (Lipinski definition) is 2. The van der Waals surface area contributed by atoms with Gasteiger partial charge in [-0.15, -0.1) is 0 Å². The van der Waals surface area contributed by atoms with Crippen LogP contribution in [0.5, 0.6) is 0 Å². The molecule has 3 aromatic carbocycles. The topological polar surface area (TPSA) is 15.3 Å². The third-order valence-electron chi connectivity index (χ3n) is 5.20. The second kappa shape index (κ2) is 8.52. The molecule has 3 aromatic rings. The molecule has 2 heteroatoms. The van der Waals surface area contributed by atoms with Gasteiger partial charge in [0.2, 0.25) is 0 Å². The zero-order valence-electron chi connectivity index (χ0n) is 18.0. The predicted molar refractivity (Wildman–Crippen MR) is 124 cm³/mol. The van der Waals surface area contributed by atoms with E-state index in [0.29, 0.717) is 11.8 Å². The summed E-state index contributed by atoms with van der Waals surface area (Å²) in [6.45, 7) is 9.10. The first-order valence-corrected chi connectivity index (χ1v) is 10.1. The van der Waals surface area contributed by atoms with Crippen LogP contribution in [0.2, 0.25) is 0 Å². The van der Waals surface area contributed by atoms with Crippen LogP contribution in [0.15, 0.2) is 66.7 Å². The van der Waals surface area contributed by atoms with E-state index in [-0.39, 0.29) is 0 Å². The van der Waals surface area contributed by atoms with Gasteiger partial charge < -0.3 is 10.2 Å². The van der Waals surface area contributed by atoms with Gasteiger partial charge in [0.25, 0.3) is 0 Å². The molecule has 0 aliphatic carbocycles. The highest BCUT2D eigenvalue weighted by Crippen LogP contribution is 2.40. The first-order valence-electron chi connectivity index (χ1n) is 10.1. The second-order valence-corrected chi connectivity index (χ2v) is 8.24. The molecule has 28 heavy (non-hydrogen) atoms. The third-order valence-corrected chi connectivity index (χ3v) is 5.20. The van der Waals surface area contributed by atoms with Gasteiger partial charge in [-0.05, 0) is 58.4 Å². The van der Waals surface area contributed by atoms with E-state index in [0.717, 1.165) is 5.69 Å². The fourth-order valence-electron chi connectivity index (χ4n) is 3.64. The van der Waals surface area contributed by atoms with Crippen molar-refractivity contribution in [1.29, 1.82) is 0 Å². The van der Waals surface area contributed by atoms with Gasteiger partial charge in [-0.25, -0.2) is 0 Å². The van der Waals surface area contributed by atoms with E-state index in [1.807, 2.05) is 0 Å². The Balaban J connectivity index is 2.17. The number of nitrogens with one attached hydrogen (secondary N) is 1. The molecule has 0 aliphatic heterocycles. The Morgan fingerprint density at radius 3 is 1.75 bits per heavy atom. The van der Waals surface area contributed by atoms with Crippen LogP contribution in [0.1, 0.15) is 50.7 Å². The lowest BCUT2D eigenvalue weighted by Crippen LogP contribution is -2.12. The molecule has 2 nitrogen and oxygen atoms in total. The predicted octanol–water partition coefficient (Wildman–Crippen LogP) is 7.41. The van der Waals surface area contributed by atoms with Crippen molar-refractivity contribution < 1.29 is 0 Å². The highest BCUT2D eigenvalue weighted by atomic mass is 15.1. The van der Waals surface area contributed by atoms with Gasteiger partial charge in [0.05, 0.1) is 11.4 Å². The molecule has 146 valence electrons. The van der Waals surface area contributed by atoms with Crippen LogP contribution in [-0.4, -0.2) is 14.1 Å². The maximum absolute atomic E-state index is 3.79. The molecular formula is C26H32N2. The van der Waals surface area contributed by atoms with Crippen molar-refractivity contribution in [3.63, 3.8) is 0 Å². The van der Waals surface area contributed by atoms with Gasteiger partial charge in [0, 0.05) is 19.8 Å². The fourth-order valence-corrected chi connectivity index (χ4v) is 3.64. The Labute approximate surface area is 170 Å². The van der Waals surface area contributed by atoms with Crippen LogP contribution in [0.4, 0.5) is 17.1 Å². The smallest absolute Gasteiger partial charge is 0.0622 e. The molecule has 0 radical (unpaired) electrons. The normalized spacial score (nSPS) is 11.1. The summed E-state index contributed by atoms with van der Waals surface area (Å²) in [5.41, 5.74) is 8.87. The summed E-state index contributed by atoms with van der Waals surface area (Å²) in [5.74, 6) is 0.852. The number of hydrogen-bond donors (Lipinski definition) is 1. The average molecular weight is 373 g/mol. The molecule has 3 rings (SSSR count). The molecule has 1 N–H and O–H groups in total. The lowest BCUT2D eigenvalue weighted by molar-refractivity contribution is 0.839. The summed E-state index contributed by atoms with van der Waals surface area (Å²) in [6, 6.07) is 23.9. The summed E-state index contributed by atoms with van der Waals surface area (Å²) in [6.07, 6.45) is 0. The average Bonchev–Trinajstić information content (AvgIpc) is 2.68. The van der Waals surface area contributed by atoms with Gasteiger partial charge in [-0.2, -0.15) is 0 Å². The Morgan fingerprint density at radius 2 is 1.21 bits per heavy atom. The lowest BCUT2D eigenvalue weighted by Gasteiger charge is -2.25.